The molecule has 3 atom stereocenters. The third-order valence-electron chi connectivity index (χ3n) is 4.39. The zero-order chi connectivity index (χ0) is 14.8. The van der Waals surface area contributed by atoms with E-state index in [1.54, 1.807) is 0 Å². The molecule has 2 aliphatic rings. The molecule has 3 rings (SSSR count). The second-order valence-electron chi connectivity index (χ2n) is 5.78. The van der Waals surface area contributed by atoms with Gasteiger partial charge >= 0.3 is 0 Å². The molecule has 1 amide bonds. The number of piperidine rings is 1. The van der Waals surface area contributed by atoms with Crippen LogP contribution in [0.4, 0.5) is 5.82 Å². The number of amides is 1. The first-order chi connectivity index (χ1) is 10.1. The first kappa shape index (κ1) is 15.0. The quantitative estimate of drug-likeness (QED) is 0.646. The fourth-order valence-corrected chi connectivity index (χ4v) is 3.78. The van der Waals surface area contributed by atoms with Crippen LogP contribution < -0.4 is 10.6 Å². The lowest BCUT2D eigenvalue weighted by Crippen LogP contribution is -2.53. The predicted octanol–water partition coefficient (Wildman–Crippen LogP) is 3.03. The minimum atomic E-state index is -0.170. The molecule has 1 aliphatic heterocycles. The number of halogens is 2. The van der Waals surface area contributed by atoms with Gasteiger partial charge in [0.05, 0.1) is 6.04 Å². The third-order valence-corrected chi connectivity index (χ3v) is 4.75. The molecule has 2 fully saturated rings. The SMILES string of the molecule is O=C(Nc1cc(Cl)nc(Cl)n1)C1CCC2CCCCC2N1. The molecule has 0 spiro atoms. The van der Waals surface area contributed by atoms with Crippen molar-refractivity contribution in [3.05, 3.63) is 16.5 Å². The topological polar surface area (TPSA) is 66.9 Å². The summed E-state index contributed by atoms with van der Waals surface area (Å²) in [6, 6.07) is 1.80. The lowest BCUT2D eigenvalue weighted by atomic mass is 9.77. The predicted molar refractivity (Wildman–Crippen MR) is 82.6 cm³/mol. The van der Waals surface area contributed by atoms with E-state index in [1.165, 1.54) is 31.7 Å². The van der Waals surface area contributed by atoms with Crippen molar-refractivity contribution >= 4 is 34.9 Å². The fourth-order valence-electron chi connectivity index (χ4n) is 3.37. The Morgan fingerprint density at radius 3 is 2.81 bits per heavy atom. The van der Waals surface area contributed by atoms with E-state index in [1.807, 2.05) is 0 Å². The smallest absolute Gasteiger partial charge is 0.242 e. The van der Waals surface area contributed by atoms with Crippen LogP contribution in [0.25, 0.3) is 0 Å². The van der Waals surface area contributed by atoms with Gasteiger partial charge in [0.1, 0.15) is 11.0 Å². The number of hydrogen-bond acceptors (Lipinski definition) is 4. The number of nitrogens with one attached hydrogen (secondary N) is 2. The summed E-state index contributed by atoms with van der Waals surface area (Å²) >= 11 is 11.5. The molecule has 0 aromatic carbocycles. The first-order valence-electron chi connectivity index (χ1n) is 7.39. The van der Waals surface area contributed by atoms with Gasteiger partial charge in [-0.15, -0.1) is 0 Å². The third kappa shape index (κ3) is 3.65. The summed E-state index contributed by atoms with van der Waals surface area (Å²) in [5.74, 6) is 0.994. The molecule has 5 nitrogen and oxygen atoms in total. The van der Waals surface area contributed by atoms with Gasteiger partial charge in [0.25, 0.3) is 0 Å². The second kappa shape index (κ2) is 6.46. The standard InChI is InChI=1S/C14H18Cl2N4O/c15-11-7-12(20-14(16)18-11)19-13(21)10-6-5-8-3-1-2-4-9(8)17-10/h7-10,17H,1-6H2,(H,18,19,20,21). The fraction of sp³-hybridized carbons (Fsp3) is 0.643. The number of nitrogens with zero attached hydrogens (tertiary/aromatic N) is 2. The molecule has 1 aromatic heterocycles. The zero-order valence-electron chi connectivity index (χ0n) is 11.6. The summed E-state index contributed by atoms with van der Waals surface area (Å²) in [7, 11) is 0. The second-order valence-corrected chi connectivity index (χ2v) is 6.51. The van der Waals surface area contributed by atoms with E-state index in [9.17, 15) is 4.79 Å². The van der Waals surface area contributed by atoms with E-state index in [0.29, 0.717) is 11.9 Å². The zero-order valence-corrected chi connectivity index (χ0v) is 13.1. The molecule has 1 aromatic rings. The largest absolute Gasteiger partial charge is 0.309 e. The molecule has 3 unspecified atom stereocenters. The van der Waals surface area contributed by atoms with Gasteiger partial charge in [-0.2, -0.15) is 0 Å². The summed E-state index contributed by atoms with van der Waals surface area (Å²) in [5.41, 5.74) is 0. The van der Waals surface area contributed by atoms with Crippen molar-refractivity contribution < 1.29 is 4.79 Å². The molecule has 0 radical (unpaired) electrons. The lowest BCUT2D eigenvalue weighted by Gasteiger charge is -2.39. The normalized spacial score (nSPS) is 28.8. The van der Waals surface area contributed by atoms with Crippen molar-refractivity contribution in [1.82, 2.24) is 15.3 Å². The molecule has 7 heteroatoms. The highest BCUT2D eigenvalue weighted by molar-refractivity contribution is 6.32. The Labute approximate surface area is 133 Å². The average molecular weight is 329 g/mol. The van der Waals surface area contributed by atoms with E-state index in [-0.39, 0.29) is 22.4 Å². The van der Waals surface area contributed by atoms with Gasteiger partial charge in [-0.05, 0) is 43.2 Å². The minimum Gasteiger partial charge on any atom is -0.309 e. The number of carbonyl (C=O) groups excluding carboxylic acids is 1. The molecule has 1 aliphatic carbocycles. The van der Waals surface area contributed by atoms with E-state index in [4.69, 9.17) is 23.2 Å². The van der Waals surface area contributed by atoms with Crippen LogP contribution in [0, 0.1) is 5.92 Å². The molecular weight excluding hydrogens is 311 g/mol. The van der Waals surface area contributed by atoms with Crippen LogP contribution in [0.3, 0.4) is 0 Å². The van der Waals surface area contributed by atoms with Crippen molar-refractivity contribution in [3.63, 3.8) is 0 Å². The van der Waals surface area contributed by atoms with Crippen LogP contribution in [0.15, 0.2) is 6.07 Å². The van der Waals surface area contributed by atoms with Crippen molar-refractivity contribution in [1.29, 1.82) is 0 Å². The van der Waals surface area contributed by atoms with E-state index in [0.717, 1.165) is 18.8 Å². The van der Waals surface area contributed by atoms with Crippen LogP contribution in [0.1, 0.15) is 38.5 Å². The number of anilines is 1. The van der Waals surface area contributed by atoms with Gasteiger partial charge in [0, 0.05) is 12.1 Å². The van der Waals surface area contributed by atoms with Gasteiger partial charge in [-0.1, -0.05) is 24.4 Å². The van der Waals surface area contributed by atoms with Gasteiger partial charge in [0.15, 0.2) is 0 Å². The van der Waals surface area contributed by atoms with Crippen molar-refractivity contribution in [3.8, 4) is 0 Å². The highest BCUT2D eigenvalue weighted by Gasteiger charge is 2.34. The maximum Gasteiger partial charge on any atom is 0.242 e. The van der Waals surface area contributed by atoms with E-state index < -0.39 is 0 Å². The lowest BCUT2D eigenvalue weighted by molar-refractivity contribution is -0.119. The maximum absolute atomic E-state index is 12.3. The minimum absolute atomic E-state index is 0.0294. The van der Waals surface area contributed by atoms with Gasteiger partial charge < -0.3 is 10.6 Å². The van der Waals surface area contributed by atoms with Gasteiger partial charge in [-0.25, -0.2) is 9.97 Å². The number of rotatable bonds is 2. The summed E-state index contributed by atoms with van der Waals surface area (Å²) in [6.45, 7) is 0. The maximum atomic E-state index is 12.3. The van der Waals surface area contributed by atoms with Crippen LogP contribution in [0.5, 0.6) is 0 Å². The Kier molecular flexibility index (Phi) is 4.62. The van der Waals surface area contributed by atoms with Crippen LogP contribution in [-0.4, -0.2) is 28.0 Å². The van der Waals surface area contributed by atoms with Crippen LogP contribution in [-0.2, 0) is 4.79 Å². The molecule has 2 heterocycles. The summed E-state index contributed by atoms with van der Waals surface area (Å²) in [5, 5.41) is 6.50. The molecule has 114 valence electrons. The molecule has 1 saturated carbocycles. The summed E-state index contributed by atoms with van der Waals surface area (Å²) in [6.07, 6.45) is 6.99. The first-order valence-corrected chi connectivity index (χ1v) is 8.14. The molecule has 21 heavy (non-hydrogen) atoms. The molecule has 0 bridgehead atoms. The Morgan fingerprint density at radius 1 is 1.19 bits per heavy atom. The van der Waals surface area contributed by atoms with Crippen LogP contribution >= 0.6 is 23.2 Å². The number of carbonyl (C=O) groups is 1. The van der Waals surface area contributed by atoms with Crippen molar-refractivity contribution in [2.75, 3.05) is 5.32 Å². The van der Waals surface area contributed by atoms with E-state index >= 15 is 0 Å². The van der Waals surface area contributed by atoms with E-state index in [2.05, 4.69) is 20.6 Å². The van der Waals surface area contributed by atoms with Gasteiger partial charge in [0.2, 0.25) is 11.2 Å². The monoisotopic (exact) mass is 328 g/mol. The summed E-state index contributed by atoms with van der Waals surface area (Å²) < 4.78 is 0. The Morgan fingerprint density at radius 2 is 2.00 bits per heavy atom. The highest BCUT2D eigenvalue weighted by Crippen LogP contribution is 2.32. The van der Waals surface area contributed by atoms with Gasteiger partial charge in [-0.3, -0.25) is 4.79 Å². The number of fused-ring (bicyclic) bond motifs is 1. The van der Waals surface area contributed by atoms with Crippen molar-refractivity contribution in [2.45, 2.75) is 50.6 Å². The Balaban J connectivity index is 1.62. The Bertz CT molecular complexity index is 519. The number of hydrogen-bond donors (Lipinski definition) is 2. The molecule has 1 saturated heterocycles. The molecular formula is C14H18Cl2N4O. The van der Waals surface area contributed by atoms with Crippen LogP contribution in [0.2, 0.25) is 10.4 Å². The molecule has 2 N–H and O–H groups in total. The average Bonchev–Trinajstić information content (AvgIpc) is 2.45. The Hall–Kier alpha value is -0.910. The number of aromatic nitrogens is 2. The van der Waals surface area contributed by atoms with Crippen molar-refractivity contribution in [2.24, 2.45) is 5.92 Å². The summed E-state index contributed by atoms with van der Waals surface area (Å²) in [4.78, 5) is 20.1. The highest BCUT2D eigenvalue weighted by atomic mass is 35.5.